The third-order valence-corrected chi connectivity index (χ3v) is 5.08. The number of nitrogens with zero attached hydrogens (tertiary/aromatic N) is 1. The lowest BCUT2D eigenvalue weighted by atomic mass is 9.77. The Balaban J connectivity index is 1.82. The van der Waals surface area contributed by atoms with Gasteiger partial charge in [0.2, 0.25) is 5.91 Å². The molecule has 0 spiro atoms. The minimum Gasteiger partial charge on any atom is -0.341 e. The molecule has 0 bridgehead atoms. The predicted octanol–water partition coefficient (Wildman–Crippen LogP) is 4.47. The summed E-state index contributed by atoms with van der Waals surface area (Å²) in [5.41, 5.74) is 3.30. The molecule has 0 radical (unpaired) electrons. The first kappa shape index (κ1) is 15.8. The molecule has 0 unspecified atom stereocenters. The van der Waals surface area contributed by atoms with Gasteiger partial charge in [0.25, 0.3) is 0 Å². The molecule has 0 N–H and O–H groups in total. The molecular weight excluding hydrogens is 282 g/mol. The minimum atomic E-state index is -0.319. The van der Waals surface area contributed by atoms with Crippen LogP contribution in [-0.2, 0) is 16.8 Å². The molecule has 3 rings (SSSR count). The maximum atomic E-state index is 13.3. The summed E-state index contributed by atoms with van der Waals surface area (Å²) < 4.78 is 0. The highest BCUT2D eigenvalue weighted by Crippen LogP contribution is 2.42. The number of aryl methyl sites for hydroxylation is 1. The van der Waals surface area contributed by atoms with Crippen molar-refractivity contribution in [2.24, 2.45) is 0 Å². The van der Waals surface area contributed by atoms with E-state index in [2.05, 4.69) is 43.3 Å². The number of rotatable bonds is 4. The molecule has 0 heterocycles. The zero-order chi connectivity index (χ0) is 16.3. The SMILES string of the molecule is Cc1ccc(CN(C)C(=O)C2(c3ccccc3)CCCC2)cc1. The zero-order valence-corrected chi connectivity index (χ0v) is 14.1. The monoisotopic (exact) mass is 307 g/mol. The molecule has 1 fully saturated rings. The molecule has 1 aliphatic rings. The second kappa shape index (κ2) is 6.57. The average molecular weight is 307 g/mol. The van der Waals surface area contributed by atoms with Crippen LogP contribution in [0.3, 0.4) is 0 Å². The third-order valence-electron chi connectivity index (χ3n) is 5.08. The van der Waals surface area contributed by atoms with E-state index in [0.29, 0.717) is 6.54 Å². The van der Waals surface area contributed by atoms with Crippen molar-refractivity contribution in [2.45, 2.75) is 44.6 Å². The first-order valence-corrected chi connectivity index (χ1v) is 8.48. The fraction of sp³-hybridized carbons (Fsp3) is 0.381. The van der Waals surface area contributed by atoms with Gasteiger partial charge in [0.15, 0.2) is 0 Å². The van der Waals surface area contributed by atoms with Crippen LogP contribution in [-0.4, -0.2) is 17.9 Å². The van der Waals surface area contributed by atoms with E-state index in [1.165, 1.54) is 16.7 Å². The first-order valence-electron chi connectivity index (χ1n) is 8.48. The van der Waals surface area contributed by atoms with Crippen molar-refractivity contribution >= 4 is 5.91 Å². The highest BCUT2D eigenvalue weighted by molar-refractivity contribution is 5.88. The maximum absolute atomic E-state index is 13.3. The molecule has 0 aliphatic heterocycles. The highest BCUT2D eigenvalue weighted by atomic mass is 16.2. The van der Waals surface area contributed by atoms with Crippen LogP contribution in [0.1, 0.15) is 42.4 Å². The molecule has 1 aliphatic carbocycles. The fourth-order valence-corrected chi connectivity index (χ4v) is 3.77. The molecule has 1 saturated carbocycles. The van der Waals surface area contributed by atoms with Crippen LogP contribution < -0.4 is 0 Å². The second-order valence-corrected chi connectivity index (χ2v) is 6.80. The van der Waals surface area contributed by atoms with Crippen LogP contribution in [0.15, 0.2) is 54.6 Å². The van der Waals surface area contributed by atoms with Gasteiger partial charge in [0.1, 0.15) is 0 Å². The Hall–Kier alpha value is -2.09. The van der Waals surface area contributed by atoms with Gasteiger partial charge in [-0.25, -0.2) is 0 Å². The summed E-state index contributed by atoms with van der Waals surface area (Å²) in [7, 11) is 1.94. The van der Waals surface area contributed by atoms with E-state index in [0.717, 1.165) is 25.7 Å². The molecule has 2 aromatic carbocycles. The number of benzene rings is 2. The Morgan fingerprint density at radius 2 is 1.61 bits per heavy atom. The molecular formula is C21H25NO. The molecule has 2 nitrogen and oxygen atoms in total. The minimum absolute atomic E-state index is 0.266. The predicted molar refractivity (Wildman–Crippen MR) is 94.2 cm³/mol. The molecule has 0 atom stereocenters. The smallest absolute Gasteiger partial charge is 0.233 e. The van der Waals surface area contributed by atoms with E-state index < -0.39 is 0 Å². The summed E-state index contributed by atoms with van der Waals surface area (Å²) in [6.07, 6.45) is 4.21. The number of hydrogen-bond acceptors (Lipinski definition) is 1. The average Bonchev–Trinajstić information content (AvgIpc) is 3.08. The summed E-state index contributed by atoms with van der Waals surface area (Å²) in [5.74, 6) is 0.266. The molecule has 2 aromatic rings. The second-order valence-electron chi connectivity index (χ2n) is 6.80. The van der Waals surface area contributed by atoms with Gasteiger partial charge in [0, 0.05) is 13.6 Å². The van der Waals surface area contributed by atoms with Crippen LogP contribution in [0, 0.1) is 6.92 Å². The topological polar surface area (TPSA) is 20.3 Å². The maximum Gasteiger partial charge on any atom is 0.233 e. The Morgan fingerprint density at radius 3 is 2.22 bits per heavy atom. The van der Waals surface area contributed by atoms with Gasteiger partial charge in [-0.1, -0.05) is 73.0 Å². The molecule has 2 heteroatoms. The summed E-state index contributed by atoms with van der Waals surface area (Å²) in [6, 6.07) is 18.8. The van der Waals surface area contributed by atoms with Crippen LogP contribution in [0.5, 0.6) is 0 Å². The Kier molecular flexibility index (Phi) is 4.51. The fourth-order valence-electron chi connectivity index (χ4n) is 3.77. The summed E-state index contributed by atoms with van der Waals surface area (Å²) in [6.45, 7) is 2.76. The van der Waals surface area contributed by atoms with Gasteiger partial charge >= 0.3 is 0 Å². The standard InChI is InChI=1S/C21H25NO/c1-17-10-12-18(13-11-17)16-22(2)20(23)21(14-6-7-15-21)19-8-4-3-5-9-19/h3-5,8-13H,6-7,14-16H2,1-2H3. The van der Waals surface area contributed by atoms with Gasteiger partial charge in [-0.3, -0.25) is 4.79 Å². The van der Waals surface area contributed by atoms with Crippen LogP contribution >= 0.6 is 0 Å². The molecule has 0 aromatic heterocycles. The van der Waals surface area contributed by atoms with Crippen molar-refractivity contribution in [3.63, 3.8) is 0 Å². The molecule has 120 valence electrons. The van der Waals surface area contributed by atoms with Gasteiger partial charge in [0.05, 0.1) is 5.41 Å². The van der Waals surface area contributed by atoms with Crippen molar-refractivity contribution in [3.8, 4) is 0 Å². The summed E-state index contributed by atoms with van der Waals surface area (Å²) >= 11 is 0. The Morgan fingerprint density at radius 1 is 1.00 bits per heavy atom. The van der Waals surface area contributed by atoms with Crippen LogP contribution in [0.2, 0.25) is 0 Å². The number of carbonyl (C=O) groups is 1. The Bertz CT molecular complexity index is 654. The van der Waals surface area contributed by atoms with Crippen molar-refractivity contribution in [3.05, 3.63) is 71.3 Å². The number of amides is 1. The lowest BCUT2D eigenvalue weighted by molar-refractivity contribution is -0.136. The van der Waals surface area contributed by atoms with Crippen LogP contribution in [0.4, 0.5) is 0 Å². The quantitative estimate of drug-likeness (QED) is 0.816. The molecule has 1 amide bonds. The van der Waals surface area contributed by atoms with E-state index in [-0.39, 0.29) is 11.3 Å². The highest BCUT2D eigenvalue weighted by Gasteiger charge is 2.43. The summed E-state index contributed by atoms with van der Waals surface area (Å²) in [5, 5.41) is 0. The molecule has 23 heavy (non-hydrogen) atoms. The normalized spacial score (nSPS) is 16.3. The van der Waals surface area contributed by atoms with Gasteiger partial charge in [-0.15, -0.1) is 0 Å². The molecule has 0 saturated heterocycles. The zero-order valence-electron chi connectivity index (χ0n) is 14.1. The summed E-state index contributed by atoms with van der Waals surface area (Å²) in [4.78, 5) is 15.2. The largest absolute Gasteiger partial charge is 0.341 e. The van der Waals surface area contributed by atoms with E-state index in [1.54, 1.807) is 0 Å². The number of carbonyl (C=O) groups excluding carboxylic acids is 1. The number of likely N-dealkylation sites (N-methyl/N-ethyl adjacent to an activating group) is 1. The lowest BCUT2D eigenvalue weighted by Gasteiger charge is -2.33. The van der Waals surface area contributed by atoms with E-state index in [1.807, 2.05) is 30.1 Å². The Labute approximate surface area is 139 Å². The van der Waals surface area contributed by atoms with Gasteiger partial charge < -0.3 is 4.90 Å². The van der Waals surface area contributed by atoms with E-state index >= 15 is 0 Å². The van der Waals surface area contributed by atoms with Gasteiger partial charge in [-0.05, 0) is 30.9 Å². The van der Waals surface area contributed by atoms with Crippen LogP contribution in [0.25, 0.3) is 0 Å². The number of hydrogen-bond donors (Lipinski definition) is 0. The van der Waals surface area contributed by atoms with E-state index in [9.17, 15) is 4.79 Å². The van der Waals surface area contributed by atoms with E-state index in [4.69, 9.17) is 0 Å². The van der Waals surface area contributed by atoms with Crippen molar-refractivity contribution in [2.75, 3.05) is 7.05 Å². The van der Waals surface area contributed by atoms with Crippen molar-refractivity contribution in [1.29, 1.82) is 0 Å². The van der Waals surface area contributed by atoms with Crippen molar-refractivity contribution in [1.82, 2.24) is 4.90 Å². The first-order chi connectivity index (χ1) is 11.1. The van der Waals surface area contributed by atoms with Gasteiger partial charge in [-0.2, -0.15) is 0 Å². The lowest BCUT2D eigenvalue weighted by Crippen LogP contribution is -2.43. The van der Waals surface area contributed by atoms with Crippen molar-refractivity contribution < 1.29 is 4.79 Å². The third kappa shape index (κ3) is 3.17.